The molecule has 5 rings (SSSR count). The molecule has 4 heterocycles. The molecule has 2 aromatic rings. The second-order valence-corrected chi connectivity index (χ2v) is 8.43. The molecule has 0 saturated carbocycles. The summed E-state index contributed by atoms with van der Waals surface area (Å²) in [5.74, 6) is 7.94. The summed E-state index contributed by atoms with van der Waals surface area (Å²) in [6, 6.07) is 5.72. The maximum atomic E-state index is 12.2. The molecule has 0 N–H and O–H groups in total. The Balaban J connectivity index is 1.60. The Morgan fingerprint density at radius 2 is 2.12 bits per heavy atom. The number of hydrogen-bond acceptors (Lipinski definition) is 6. The number of aliphatic imine (C=N–C) groups is 2. The van der Waals surface area contributed by atoms with Crippen LogP contribution in [0.5, 0.6) is 5.75 Å². The normalized spacial score (nSPS) is 18.6. The first-order valence-electron chi connectivity index (χ1n) is 11.1. The van der Waals surface area contributed by atoms with Crippen LogP contribution in [0.1, 0.15) is 41.3 Å². The molecule has 172 valence electrons. The lowest BCUT2D eigenvalue weighted by Crippen LogP contribution is -2.38. The summed E-state index contributed by atoms with van der Waals surface area (Å²) in [5.41, 5.74) is 2.98. The Kier molecular flexibility index (Phi) is 5.49. The number of amidine groups is 1. The Hall–Kier alpha value is -4.19. The van der Waals surface area contributed by atoms with E-state index in [4.69, 9.17) is 9.84 Å². The van der Waals surface area contributed by atoms with Crippen LogP contribution >= 0.6 is 0 Å². The number of amides is 2. The van der Waals surface area contributed by atoms with Crippen molar-refractivity contribution in [2.24, 2.45) is 9.98 Å². The van der Waals surface area contributed by atoms with Gasteiger partial charge in [-0.1, -0.05) is 12.5 Å². The van der Waals surface area contributed by atoms with Crippen LogP contribution in [0.3, 0.4) is 0 Å². The smallest absolute Gasteiger partial charge is 0.249 e. The van der Waals surface area contributed by atoms with Gasteiger partial charge in [0.25, 0.3) is 0 Å². The van der Waals surface area contributed by atoms with Gasteiger partial charge in [-0.05, 0) is 49.1 Å². The molecular formula is C25H24N6O3. The molecule has 0 radical (unpaired) electrons. The van der Waals surface area contributed by atoms with Gasteiger partial charge in [0.05, 0.1) is 25.1 Å². The van der Waals surface area contributed by atoms with Crippen molar-refractivity contribution in [2.45, 2.75) is 25.8 Å². The van der Waals surface area contributed by atoms with Crippen LogP contribution in [-0.2, 0) is 9.59 Å². The number of carbonyl (C=O) groups is 2. The third-order valence-electron chi connectivity index (χ3n) is 6.10. The van der Waals surface area contributed by atoms with Gasteiger partial charge in [-0.25, -0.2) is 9.67 Å². The predicted octanol–water partition coefficient (Wildman–Crippen LogP) is 2.21. The number of nitrogens with zero attached hydrogens (tertiary/aromatic N) is 6. The minimum atomic E-state index is -0.175. The highest BCUT2D eigenvalue weighted by Crippen LogP contribution is 2.34. The highest BCUT2D eigenvalue weighted by molar-refractivity contribution is 6.16. The predicted molar refractivity (Wildman–Crippen MR) is 127 cm³/mol. The minimum Gasteiger partial charge on any atom is -0.497 e. The average Bonchev–Trinajstić information content (AvgIpc) is 3.47. The minimum absolute atomic E-state index is 0.0594. The van der Waals surface area contributed by atoms with Crippen LogP contribution in [-0.4, -0.2) is 70.3 Å². The molecule has 9 heteroatoms. The molecule has 1 fully saturated rings. The van der Waals surface area contributed by atoms with E-state index in [1.165, 1.54) is 6.08 Å². The number of benzene rings is 1. The quantitative estimate of drug-likeness (QED) is 0.522. The summed E-state index contributed by atoms with van der Waals surface area (Å²) in [6.07, 6.45) is 4.09. The summed E-state index contributed by atoms with van der Waals surface area (Å²) in [6.45, 7) is 7.20. The van der Waals surface area contributed by atoms with Gasteiger partial charge in [0, 0.05) is 31.6 Å². The molecular weight excluding hydrogens is 432 g/mol. The summed E-state index contributed by atoms with van der Waals surface area (Å²) >= 11 is 0. The molecule has 0 bridgehead atoms. The van der Waals surface area contributed by atoms with Crippen LogP contribution in [0.25, 0.3) is 0 Å². The standard InChI is InChI=1S/C25H24N6O3/c1-4-22(33)29-9-7-18(14-29)31-24-23(25-27-21(32)8-10-30(25)15-26-24)20(28-31)6-5-17-11-16(2)12-19(13-17)34-3/h4,11-13,15,18H,1,7-10,14H2,2-3H3/t18-/m0/s1. The second-order valence-electron chi connectivity index (χ2n) is 8.43. The molecule has 9 nitrogen and oxygen atoms in total. The Morgan fingerprint density at radius 3 is 2.91 bits per heavy atom. The Morgan fingerprint density at radius 1 is 1.26 bits per heavy atom. The summed E-state index contributed by atoms with van der Waals surface area (Å²) in [7, 11) is 1.62. The molecule has 3 aliphatic heterocycles. The fraction of sp³-hybridized carbons (Fsp3) is 0.320. The fourth-order valence-corrected chi connectivity index (χ4v) is 4.43. The van der Waals surface area contributed by atoms with E-state index in [-0.39, 0.29) is 17.9 Å². The second kappa shape index (κ2) is 8.63. The molecule has 1 atom stereocenters. The van der Waals surface area contributed by atoms with Crippen molar-refractivity contribution in [3.8, 4) is 17.6 Å². The van der Waals surface area contributed by atoms with E-state index in [9.17, 15) is 9.59 Å². The summed E-state index contributed by atoms with van der Waals surface area (Å²) < 4.78 is 7.18. The molecule has 3 aliphatic rings. The Labute approximate surface area is 197 Å². The van der Waals surface area contributed by atoms with Crippen LogP contribution in [0, 0.1) is 18.8 Å². The highest BCUT2D eigenvalue weighted by atomic mass is 16.5. The van der Waals surface area contributed by atoms with Crippen LogP contribution in [0.2, 0.25) is 0 Å². The van der Waals surface area contributed by atoms with Gasteiger partial charge in [0.2, 0.25) is 11.8 Å². The zero-order valence-corrected chi connectivity index (χ0v) is 19.1. The first-order chi connectivity index (χ1) is 16.5. The highest BCUT2D eigenvalue weighted by Gasteiger charge is 2.35. The maximum absolute atomic E-state index is 12.2. The van der Waals surface area contributed by atoms with Crippen LogP contribution in [0.15, 0.2) is 40.8 Å². The van der Waals surface area contributed by atoms with Crippen molar-refractivity contribution in [1.82, 2.24) is 19.6 Å². The summed E-state index contributed by atoms with van der Waals surface area (Å²) in [5, 5.41) is 4.81. The number of aromatic nitrogens is 2. The van der Waals surface area contributed by atoms with Crippen LogP contribution in [0.4, 0.5) is 5.82 Å². The lowest BCUT2D eigenvalue weighted by atomic mass is 10.1. The number of carbonyl (C=O) groups excluding carboxylic acids is 2. The van der Waals surface area contributed by atoms with Crippen molar-refractivity contribution in [3.63, 3.8) is 0 Å². The van der Waals surface area contributed by atoms with Crippen molar-refractivity contribution in [2.75, 3.05) is 26.7 Å². The first-order valence-corrected chi connectivity index (χ1v) is 11.1. The van der Waals surface area contributed by atoms with Gasteiger partial charge >= 0.3 is 0 Å². The number of ether oxygens (including phenoxy) is 1. The SMILES string of the molecule is C=CC(=O)N1CC[C@H](n2nc(C#Cc3cc(C)cc(OC)c3)c3c2N=CN2CCC(=O)N=C32)C1. The van der Waals surface area contributed by atoms with E-state index < -0.39 is 0 Å². The summed E-state index contributed by atoms with van der Waals surface area (Å²) in [4.78, 5) is 36.8. The van der Waals surface area contributed by atoms with Crippen molar-refractivity contribution >= 4 is 29.8 Å². The van der Waals surface area contributed by atoms with E-state index in [0.29, 0.717) is 49.0 Å². The molecule has 0 unspecified atom stereocenters. The number of aryl methyl sites for hydroxylation is 1. The molecule has 1 aromatic carbocycles. The number of fused-ring (bicyclic) bond motifs is 3. The lowest BCUT2D eigenvalue weighted by Gasteiger charge is -2.27. The largest absolute Gasteiger partial charge is 0.497 e. The zero-order valence-electron chi connectivity index (χ0n) is 19.1. The van der Waals surface area contributed by atoms with Gasteiger partial charge in [0.15, 0.2) is 11.7 Å². The monoisotopic (exact) mass is 456 g/mol. The zero-order chi connectivity index (χ0) is 23.8. The van der Waals surface area contributed by atoms with E-state index in [1.807, 2.05) is 34.7 Å². The van der Waals surface area contributed by atoms with Gasteiger partial charge in [-0.2, -0.15) is 10.1 Å². The van der Waals surface area contributed by atoms with Crippen molar-refractivity contribution in [3.05, 3.63) is 53.2 Å². The lowest BCUT2D eigenvalue weighted by molar-refractivity contribution is -0.125. The maximum Gasteiger partial charge on any atom is 0.249 e. The van der Waals surface area contributed by atoms with Gasteiger partial charge in [-0.3, -0.25) is 9.59 Å². The third kappa shape index (κ3) is 3.88. The topological polar surface area (TPSA) is 92.4 Å². The van der Waals surface area contributed by atoms with Crippen LogP contribution < -0.4 is 4.74 Å². The van der Waals surface area contributed by atoms with Crippen molar-refractivity contribution < 1.29 is 14.3 Å². The molecule has 0 aliphatic carbocycles. The molecule has 1 saturated heterocycles. The van der Waals surface area contributed by atoms with Gasteiger partial charge in [0.1, 0.15) is 11.4 Å². The fourth-order valence-electron chi connectivity index (χ4n) is 4.43. The molecule has 0 spiro atoms. The Bertz CT molecular complexity index is 1330. The number of likely N-dealkylation sites (tertiary alicyclic amines) is 1. The molecule has 2 amide bonds. The number of methoxy groups -OCH3 is 1. The van der Waals surface area contributed by atoms with E-state index >= 15 is 0 Å². The average molecular weight is 457 g/mol. The third-order valence-corrected chi connectivity index (χ3v) is 6.10. The number of hydrogen-bond donors (Lipinski definition) is 0. The first kappa shape index (κ1) is 21.6. The van der Waals surface area contributed by atoms with E-state index in [0.717, 1.165) is 23.3 Å². The van der Waals surface area contributed by atoms with Crippen molar-refractivity contribution in [1.29, 1.82) is 0 Å². The van der Waals surface area contributed by atoms with E-state index in [1.54, 1.807) is 18.3 Å². The number of rotatable bonds is 3. The van der Waals surface area contributed by atoms with E-state index in [2.05, 4.69) is 28.4 Å². The molecule has 34 heavy (non-hydrogen) atoms. The van der Waals surface area contributed by atoms with Gasteiger partial charge in [-0.15, -0.1) is 0 Å². The molecule has 1 aromatic heterocycles. The van der Waals surface area contributed by atoms with Gasteiger partial charge < -0.3 is 14.5 Å².